The van der Waals surface area contributed by atoms with Crippen LogP contribution in [0.4, 0.5) is 4.39 Å². The van der Waals surface area contributed by atoms with Gasteiger partial charge in [0.15, 0.2) is 11.6 Å². The number of carboxylic acid groups (broad SMARTS) is 1. The Labute approximate surface area is 98.9 Å². The molecule has 0 amide bonds. The quantitative estimate of drug-likeness (QED) is 0.832. The Morgan fingerprint density at radius 1 is 1.35 bits per heavy atom. The molecule has 4 heteroatoms. The number of carbonyl (C=O) groups is 1. The van der Waals surface area contributed by atoms with E-state index >= 15 is 0 Å². The summed E-state index contributed by atoms with van der Waals surface area (Å²) in [5, 5.41) is 19.2. The van der Waals surface area contributed by atoms with E-state index in [-0.39, 0.29) is 5.56 Å². The van der Waals surface area contributed by atoms with Gasteiger partial charge in [0.1, 0.15) is 0 Å². The van der Waals surface area contributed by atoms with Crippen LogP contribution in [0.2, 0.25) is 0 Å². The fourth-order valence-electron chi connectivity index (χ4n) is 2.63. The lowest BCUT2D eigenvalue weighted by atomic mass is 9.78. The first-order valence-electron chi connectivity index (χ1n) is 5.71. The number of rotatable bonds is 2. The van der Waals surface area contributed by atoms with Gasteiger partial charge in [-0.05, 0) is 25.3 Å². The zero-order chi connectivity index (χ0) is 12.6. The molecule has 1 aromatic carbocycles. The first-order valence-corrected chi connectivity index (χ1v) is 5.71. The van der Waals surface area contributed by atoms with Gasteiger partial charge in [0.2, 0.25) is 0 Å². The van der Waals surface area contributed by atoms with E-state index in [1.54, 1.807) is 6.92 Å². The standard InChI is InChI=1S/C13H15FO3/c1-8-4-5-9(11(15)10(8)14)13(12(16)17)6-2-3-7-13/h4-5,15H,2-3,6-7H2,1H3,(H,16,17). The minimum Gasteiger partial charge on any atom is -0.505 e. The van der Waals surface area contributed by atoms with E-state index in [0.717, 1.165) is 12.8 Å². The van der Waals surface area contributed by atoms with Crippen molar-refractivity contribution in [1.82, 2.24) is 0 Å². The molecule has 0 radical (unpaired) electrons. The Morgan fingerprint density at radius 3 is 2.47 bits per heavy atom. The Morgan fingerprint density at radius 2 is 1.94 bits per heavy atom. The first kappa shape index (κ1) is 11.9. The van der Waals surface area contributed by atoms with E-state index in [9.17, 15) is 19.4 Å². The summed E-state index contributed by atoms with van der Waals surface area (Å²) in [5.74, 6) is -2.20. The number of halogens is 1. The third-order valence-electron chi connectivity index (χ3n) is 3.69. The van der Waals surface area contributed by atoms with Gasteiger partial charge in [-0.1, -0.05) is 25.0 Å². The summed E-state index contributed by atoms with van der Waals surface area (Å²) in [6.45, 7) is 1.54. The van der Waals surface area contributed by atoms with Crippen LogP contribution < -0.4 is 0 Å². The van der Waals surface area contributed by atoms with Crippen LogP contribution in [0, 0.1) is 12.7 Å². The molecule has 1 aliphatic rings. The van der Waals surface area contributed by atoms with Crippen molar-refractivity contribution in [3.8, 4) is 5.75 Å². The number of hydrogen-bond acceptors (Lipinski definition) is 2. The van der Waals surface area contributed by atoms with E-state index in [1.165, 1.54) is 12.1 Å². The number of hydrogen-bond donors (Lipinski definition) is 2. The summed E-state index contributed by atoms with van der Waals surface area (Å²) in [7, 11) is 0. The topological polar surface area (TPSA) is 57.5 Å². The number of carboxylic acids is 1. The Balaban J connectivity index is 2.59. The summed E-state index contributed by atoms with van der Waals surface area (Å²) in [4.78, 5) is 11.4. The van der Waals surface area contributed by atoms with Crippen molar-refractivity contribution in [2.45, 2.75) is 38.0 Å². The molecule has 2 N–H and O–H groups in total. The maximum Gasteiger partial charge on any atom is 0.314 e. The molecule has 0 aromatic heterocycles. The summed E-state index contributed by atoms with van der Waals surface area (Å²) in [6.07, 6.45) is 2.50. The van der Waals surface area contributed by atoms with Crippen molar-refractivity contribution in [3.63, 3.8) is 0 Å². The zero-order valence-electron chi connectivity index (χ0n) is 9.66. The molecule has 1 aliphatic carbocycles. The predicted octanol–water partition coefficient (Wildman–Crippen LogP) is 2.74. The Kier molecular flexibility index (Phi) is 2.81. The Hall–Kier alpha value is -1.58. The van der Waals surface area contributed by atoms with E-state index < -0.39 is 23.0 Å². The lowest BCUT2D eigenvalue weighted by molar-refractivity contribution is -0.143. The average molecular weight is 238 g/mol. The number of benzene rings is 1. The maximum atomic E-state index is 13.6. The number of phenols is 1. The number of aryl methyl sites for hydroxylation is 1. The summed E-state index contributed by atoms with van der Waals surface area (Å²) >= 11 is 0. The van der Waals surface area contributed by atoms with Crippen molar-refractivity contribution >= 4 is 5.97 Å². The third-order valence-corrected chi connectivity index (χ3v) is 3.69. The molecular weight excluding hydrogens is 223 g/mol. The van der Waals surface area contributed by atoms with Crippen molar-refractivity contribution in [3.05, 3.63) is 29.1 Å². The molecule has 0 bridgehead atoms. The molecule has 0 spiro atoms. The average Bonchev–Trinajstić information content (AvgIpc) is 2.76. The fraction of sp³-hybridized carbons (Fsp3) is 0.462. The molecule has 0 aliphatic heterocycles. The van der Waals surface area contributed by atoms with Crippen molar-refractivity contribution in [2.75, 3.05) is 0 Å². The van der Waals surface area contributed by atoms with Crippen LogP contribution in [0.25, 0.3) is 0 Å². The van der Waals surface area contributed by atoms with Crippen molar-refractivity contribution in [2.24, 2.45) is 0 Å². The smallest absolute Gasteiger partial charge is 0.314 e. The molecule has 1 aromatic rings. The molecule has 0 heterocycles. The van der Waals surface area contributed by atoms with E-state index in [0.29, 0.717) is 18.4 Å². The predicted molar refractivity (Wildman–Crippen MR) is 60.6 cm³/mol. The van der Waals surface area contributed by atoms with E-state index in [4.69, 9.17) is 0 Å². The van der Waals surface area contributed by atoms with Gasteiger partial charge in [-0.25, -0.2) is 4.39 Å². The van der Waals surface area contributed by atoms with Gasteiger partial charge in [-0.2, -0.15) is 0 Å². The highest BCUT2D eigenvalue weighted by atomic mass is 19.1. The van der Waals surface area contributed by atoms with Crippen LogP contribution in [-0.4, -0.2) is 16.2 Å². The van der Waals surface area contributed by atoms with Gasteiger partial charge in [-0.3, -0.25) is 4.79 Å². The van der Waals surface area contributed by atoms with Crippen LogP contribution in [0.1, 0.15) is 36.8 Å². The van der Waals surface area contributed by atoms with Crippen LogP contribution in [0.3, 0.4) is 0 Å². The monoisotopic (exact) mass is 238 g/mol. The first-order chi connectivity index (χ1) is 7.99. The van der Waals surface area contributed by atoms with Crippen LogP contribution in [0.5, 0.6) is 5.75 Å². The highest BCUT2D eigenvalue weighted by Crippen LogP contribution is 2.45. The molecule has 3 nitrogen and oxygen atoms in total. The van der Waals surface area contributed by atoms with Crippen LogP contribution in [-0.2, 0) is 10.2 Å². The van der Waals surface area contributed by atoms with Crippen molar-refractivity contribution < 1.29 is 19.4 Å². The second-order valence-electron chi connectivity index (χ2n) is 4.69. The minimum absolute atomic E-state index is 0.214. The molecule has 1 fully saturated rings. The third kappa shape index (κ3) is 1.68. The number of phenolic OH excluding ortho intramolecular Hbond substituents is 1. The second kappa shape index (κ2) is 4.02. The van der Waals surface area contributed by atoms with Gasteiger partial charge in [0.25, 0.3) is 0 Å². The lowest BCUT2D eigenvalue weighted by Crippen LogP contribution is -2.32. The molecule has 0 unspecified atom stereocenters. The van der Waals surface area contributed by atoms with Gasteiger partial charge < -0.3 is 10.2 Å². The molecule has 1 saturated carbocycles. The molecule has 0 atom stereocenters. The minimum atomic E-state index is -1.11. The lowest BCUT2D eigenvalue weighted by Gasteiger charge is -2.25. The maximum absolute atomic E-state index is 13.6. The largest absolute Gasteiger partial charge is 0.505 e. The highest BCUT2D eigenvalue weighted by Gasteiger charge is 2.45. The van der Waals surface area contributed by atoms with Gasteiger partial charge in [0, 0.05) is 5.56 Å². The highest BCUT2D eigenvalue weighted by molar-refractivity contribution is 5.83. The molecule has 17 heavy (non-hydrogen) atoms. The van der Waals surface area contributed by atoms with E-state index in [2.05, 4.69) is 0 Å². The van der Waals surface area contributed by atoms with Gasteiger partial charge >= 0.3 is 5.97 Å². The number of aliphatic carboxylic acids is 1. The van der Waals surface area contributed by atoms with Gasteiger partial charge in [-0.15, -0.1) is 0 Å². The molecule has 0 saturated heterocycles. The summed E-state index contributed by atoms with van der Waals surface area (Å²) in [5.41, 5.74) is -0.575. The Bertz CT molecular complexity index is 462. The van der Waals surface area contributed by atoms with Gasteiger partial charge in [0.05, 0.1) is 5.41 Å². The molecule has 92 valence electrons. The summed E-state index contributed by atoms with van der Waals surface area (Å²) < 4.78 is 13.6. The van der Waals surface area contributed by atoms with Crippen molar-refractivity contribution in [1.29, 1.82) is 0 Å². The molecular formula is C13H15FO3. The van der Waals surface area contributed by atoms with Crippen LogP contribution in [0.15, 0.2) is 12.1 Å². The zero-order valence-corrected chi connectivity index (χ0v) is 9.66. The second-order valence-corrected chi connectivity index (χ2v) is 4.69. The normalized spacial score (nSPS) is 18.2. The number of aromatic hydroxyl groups is 1. The fourth-order valence-corrected chi connectivity index (χ4v) is 2.63. The van der Waals surface area contributed by atoms with E-state index in [1.807, 2.05) is 0 Å². The SMILES string of the molecule is Cc1ccc(C2(C(=O)O)CCCC2)c(O)c1F. The molecule has 2 rings (SSSR count). The van der Waals surface area contributed by atoms with Crippen LogP contribution >= 0.6 is 0 Å². The summed E-state index contributed by atoms with van der Waals surface area (Å²) in [6, 6.07) is 3.06.